The topological polar surface area (TPSA) is 75.7 Å². The fraction of sp³-hybridized carbons (Fsp3) is 0.588. The lowest BCUT2D eigenvalue weighted by Gasteiger charge is -2.31. The normalized spacial score (nSPS) is 16.2. The number of sulfonamides is 1. The molecule has 0 radical (unpaired) electrons. The lowest BCUT2D eigenvalue weighted by molar-refractivity contribution is -0.116. The molecule has 1 aromatic rings. The van der Waals surface area contributed by atoms with Gasteiger partial charge in [-0.3, -0.25) is 4.79 Å². The minimum Gasteiger partial charge on any atom is -0.495 e. The molecule has 0 bridgehead atoms. The molecule has 1 aliphatic rings. The number of nitrogens with one attached hydrogen (secondary N) is 1. The van der Waals surface area contributed by atoms with Gasteiger partial charge in [0.1, 0.15) is 5.75 Å². The second-order valence-corrected chi connectivity index (χ2v) is 8.29. The van der Waals surface area contributed by atoms with Gasteiger partial charge in [0.2, 0.25) is 15.9 Å². The van der Waals surface area contributed by atoms with E-state index in [2.05, 4.69) is 5.32 Å². The first-order valence-corrected chi connectivity index (χ1v) is 10.1. The molecule has 24 heavy (non-hydrogen) atoms. The summed E-state index contributed by atoms with van der Waals surface area (Å²) in [5, 5.41) is 2.77. The molecule has 7 heteroatoms. The summed E-state index contributed by atoms with van der Waals surface area (Å²) in [6.07, 6.45) is 5.93. The number of hydrogen-bond acceptors (Lipinski definition) is 4. The fourth-order valence-corrected chi connectivity index (χ4v) is 4.24. The number of amides is 1. The number of anilines is 1. The molecule has 1 saturated carbocycles. The van der Waals surface area contributed by atoms with Gasteiger partial charge in [-0.2, -0.15) is 4.31 Å². The zero-order valence-corrected chi connectivity index (χ0v) is 15.4. The average molecular weight is 354 g/mol. The number of carbonyl (C=O) groups excluding carboxylic acids is 1. The Morgan fingerprint density at radius 3 is 2.54 bits per heavy atom. The molecule has 0 heterocycles. The highest BCUT2D eigenvalue weighted by molar-refractivity contribution is 7.88. The largest absolute Gasteiger partial charge is 0.495 e. The van der Waals surface area contributed by atoms with Crippen LogP contribution in [0.3, 0.4) is 0 Å². The third kappa shape index (κ3) is 4.95. The molecule has 1 aromatic carbocycles. The summed E-state index contributed by atoms with van der Waals surface area (Å²) in [5.74, 6) is 0.201. The van der Waals surface area contributed by atoms with Crippen molar-refractivity contribution in [3.8, 4) is 5.75 Å². The Bertz CT molecular complexity index is 682. The van der Waals surface area contributed by atoms with Gasteiger partial charge in [0.25, 0.3) is 0 Å². The van der Waals surface area contributed by atoms with E-state index in [-0.39, 0.29) is 18.5 Å². The van der Waals surface area contributed by atoms with Gasteiger partial charge in [0.15, 0.2) is 0 Å². The summed E-state index contributed by atoms with van der Waals surface area (Å²) in [6, 6.07) is 5.39. The second kappa shape index (κ2) is 7.98. The van der Waals surface area contributed by atoms with Gasteiger partial charge in [-0.05, 0) is 37.5 Å². The maximum absolute atomic E-state index is 12.4. The molecule has 0 unspecified atom stereocenters. The van der Waals surface area contributed by atoms with Crippen LogP contribution in [-0.4, -0.2) is 44.6 Å². The molecular formula is C17H26N2O4S. The first kappa shape index (κ1) is 18.7. The number of rotatable bonds is 6. The van der Waals surface area contributed by atoms with Gasteiger partial charge in [0.05, 0.1) is 25.6 Å². The first-order chi connectivity index (χ1) is 11.3. The summed E-state index contributed by atoms with van der Waals surface area (Å²) < 4.78 is 30.8. The SMILES string of the molecule is COc1ccc(C)cc1NC(=O)CN(C1CCCCC1)S(C)(=O)=O. The highest BCUT2D eigenvalue weighted by atomic mass is 32.2. The second-order valence-electron chi connectivity index (χ2n) is 6.35. The molecule has 0 aliphatic heterocycles. The highest BCUT2D eigenvalue weighted by Gasteiger charge is 2.30. The summed E-state index contributed by atoms with van der Waals surface area (Å²) in [7, 11) is -1.90. The molecule has 1 N–H and O–H groups in total. The summed E-state index contributed by atoms with van der Waals surface area (Å²) in [5.41, 5.74) is 1.54. The van der Waals surface area contributed by atoms with Crippen molar-refractivity contribution >= 4 is 21.6 Å². The quantitative estimate of drug-likeness (QED) is 0.852. The molecule has 0 aromatic heterocycles. The van der Waals surface area contributed by atoms with Gasteiger partial charge >= 0.3 is 0 Å². The molecule has 1 aliphatic carbocycles. The predicted molar refractivity (Wildman–Crippen MR) is 94.8 cm³/mol. The molecule has 0 atom stereocenters. The van der Waals surface area contributed by atoms with Crippen molar-refractivity contribution in [3.63, 3.8) is 0 Å². The van der Waals surface area contributed by atoms with Crippen LogP contribution in [0.5, 0.6) is 5.75 Å². The van der Waals surface area contributed by atoms with E-state index in [1.807, 2.05) is 19.1 Å². The molecule has 6 nitrogen and oxygen atoms in total. The number of benzene rings is 1. The zero-order chi connectivity index (χ0) is 17.7. The van der Waals surface area contributed by atoms with Crippen LogP contribution < -0.4 is 10.1 Å². The van der Waals surface area contributed by atoms with Crippen molar-refractivity contribution in [1.82, 2.24) is 4.31 Å². The standard InChI is InChI=1S/C17H26N2O4S/c1-13-9-10-16(23-2)15(11-13)18-17(20)12-19(24(3,21)22)14-7-5-4-6-8-14/h9-11,14H,4-8,12H2,1-3H3,(H,18,20). The van der Waals surface area contributed by atoms with Gasteiger partial charge in [-0.15, -0.1) is 0 Å². The number of aryl methyl sites for hydroxylation is 1. The van der Waals surface area contributed by atoms with Gasteiger partial charge < -0.3 is 10.1 Å². The van der Waals surface area contributed by atoms with Crippen molar-refractivity contribution in [1.29, 1.82) is 0 Å². The third-order valence-corrected chi connectivity index (χ3v) is 5.62. The van der Waals surface area contributed by atoms with Crippen LogP contribution in [0.1, 0.15) is 37.7 Å². The Kier molecular flexibility index (Phi) is 6.23. The zero-order valence-electron chi connectivity index (χ0n) is 14.5. The highest BCUT2D eigenvalue weighted by Crippen LogP contribution is 2.27. The van der Waals surface area contributed by atoms with Crippen molar-refractivity contribution in [2.45, 2.75) is 45.1 Å². The van der Waals surface area contributed by atoms with Crippen LogP contribution in [-0.2, 0) is 14.8 Å². The molecule has 0 spiro atoms. The van der Waals surface area contributed by atoms with E-state index in [0.29, 0.717) is 11.4 Å². The maximum Gasteiger partial charge on any atom is 0.239 e. The van der Waals surface area contributed by atoms with Crippen LogP contribution in [0.2, 0.25) is 0 Å². The Hall–Kier alpha value is -1.60. The Balaban J connectivity index is 2.12. The van der Waals surface area contributed by atoms with Crippen molar-refractivity contribution < 1.29 is 17.9 Å². The molecule has 134 valence electrons. The minimum atomic E-state index is -3.43. The monoisotopic (exact) mass is 354 g/mol. The van der Waals surface area contributed by atoms with E-state index in [0.717, 1.165) is 37.7 Å². The molecule has 1 fully saturated rings. The Morgan fingerprint density at radius 2 is 1.96 bits per heavy atom. The van der Waals surface area contributed by atoms with Crippen molar-refractivity contribution in [2.75, 3.05) is 25.2 Å². The average Bonchev–Trinajstić information content (AvgIpc) is 2.52. The fourth-order valence-electron chi connectivity index (χ4n) is 3.14. The van der Waals surface area contributed by atoms with Crippen LogP contribution in [0.25, 0.3) is 0 Å². The lowest BCUT2D eigenvalue weighted by atomic mass is 9.95. The van der Waals surface area contributed by atoms with Gasteiger partial charge in [0, 0.05) is 6.04 Å². The summed E-state index contributed by atoms with van der Waals surface area (Å²) in [6.45, 7) is 1.75. The van der Waals surface area contributed by atoms with E-state index >= 15 is 0 Å². The third-order valence-electron chi connectivity index (χ3n) is 4.34. The Labute approximate surface area is 144 Å². The minimum absolute atomic E-state index is 0.0843. The van der Waals surface area contributed by atoms with E-state index in [9.17, 15) is 13.2 Å². The Morgan fingerprint density at radius 1 is 1.29 bits per heavy atom. The van der Waals surface area contributed by atoms with Crippen LogP contribution in [0, 0.1) is 6.92 Å². The molecule has 0 saturated heterocycles. The van der Waals surface area contributed by atoms with Crippen molar-refractivity contribution in [3.05, 3.63) is 23.8 Å². The first-order valence-electron chi connectivity index (χ1n) is 8.22. The number of ether oxygens (including phenoxy) is 1. The van der Waals surface area contributed by atoms with E-state index in [1.54, 1.807) is 6.07 Å². The number of methoxy groups -OCH3 is 1. The molecular weight excluding hydrogens is 328 g/mol. The van der Waals surface area contributed by atoms with E-state index in [4.69, 9.17) is 4.74 Å². The van der Waals surface area contributed by atoms with Gasteiger partial charge in [-0.1, -0.05) is 25.3 Å². The predicted octanol–water partition coefficient (Wildman–Crippen LogP) is 2.54. The molecule has 2 rings (SSSR count). The van der Waals surface area contributed by atoms with Crippen LogP contribution in [0.4, 0.5) is 5.69 Å². The number of carbonyl (C=O) groups is 1. The van der Waals surface area contributed by atoms with E-state index in [1.165, 1.54) is 17.7 Å². The number of hydrogen-bond donors (Lipinski definition) is 1. The van der Waals surface area contributed by atoms with E-state index < -0.39 is 10.0 Å². The van der Waals surface area contributed by atoms with Gasteiger partial charge in [-0.25, -0.2) is 8.42 Å². The van der Waals surface area contributed by atoms with Crippen LogP contribution >= 0.6 is 0 Å². The molecule has 1 amide bonds. The summed E-state index contributed by atoms with van der Waals surface area (Å²) >= 11 is 0. The summed E-state index contributed by atoms with van der Waals surface area (Å²) in [4.78, 5) is 12.4. The maximum atomic E-state index is 12.4. The number of nitrogens with zero attached hydrogens (tertiary/aromatic N) is 1. The lowest BCUT2D eigenvalue weighted by Crippen LogP contribution is -2.45. The van der Waals surface area contributed by atoms with Crippen molar-refractivity contribution in [2.24, 2.45) is 0 Å². The smallest absolute Gasteiger partial charge is 0.239 e. The van der Waals surface area contributed by atoms with Crippen LogP contribution in [0.15, 0.2) is 18.2 Å².